The van der Waals surface area contributed by atoms with E-state index in [0.717, 1.165) is 17.1 Å². The van der Waals surface area contributed by atoms with Crippen LogP contribution in [0.1, 0.15) is 26.3 Å². The van der Waals surface area contributed by atoms with Gasteiger partial charge in [-0.3, -0.25) is 9.36 Å². The highest BCUT2D eigenvalue weighted by Crippen LogP contribution is 2.30. The number of nitrogens with zero attached hydrogens (tertiary/aromatic N) is 6. The van der Waals surface area contributed by atoms with Crippen LogP contribution in [-0.4, -0.2) is 29.8 Å². The fourth-order valence-corrected chi connectivity index (χ4v) is 4.53. The number of benzene rings is 3. The van der Waals surface area contributed by atoms with Gasteiger partial charge >= 0.3 is 0 Å². The molecule has 0 aliphatic rings. The van der Waals surface area contributed by atoms with Crippen molar-refractivity contribution in [1.29, 1.82) is 0 Å². The van der Waals surface area contributed by atoms with E-state index in [1.807, 2.05) is 47.0 Å². The minimum absolute atomic E-state index is 0.0702. The van der Waals surface area contributed by atoms with Gasteiger partial charge in [-0.25, -0.2) is 0 Å². The monoisotopic (exact) mass is 468 g/mol. The normalized spacial score (nSPS) is 11.7. The Bertz CT molecular complexity index is 1500. The maximum atomic E-state index is 12.8. The van der Waals surface area contributed by atoms with Crippen molar-refractivity contribution in [2.75, 3.05) is 0 Å². The van der Waals surface area contributed by atoms with Crippen LogP contribution < -0.4 is 5.56 Å². The van der Waals surface area contributed by atoms with Gasteiger partial charge < -0.3 is 0 Å². The Labute approximate surface area is 201 Å². The molecule has 0 radical (unpaired) electrons. The van der Waals surface area contributed by atoms with Gasteiger partial charge in [0.1, 0.15) is 5.52 Å². The topological polar surface area (TPSA) is 78.5 Å². The molecule has 5 aromatic rings. The summed E-state index contributed by atoms with van der Waals surface area (Å²) in [5, 5.41) is 18.5. The molecule has 8 heteroatoms. The molecule has 0 N–H and O–H groups in total. The molecule has 170 valence electrons. The van der Waals surface area contributed by atoms with Crippen molar-refractivity contribution >= 4 is 22.7 Å². The van der Waals surface area contributed by atoms with E-state index in [4.69, 9.17) is 0 Å². The summed E-state index contributed by atoms with van der Waals surface area (Å²) < 4.78 is 3.37. The molecule has 0 fully saturated rings. The molecule has 34 heavy (non-hydrogen) atoms. The van der Waals surface area contributed by atoms with Gasteiger partial charge in [0.15, 0.2) is 11.0 Å². The van der Waals surface area contributed by atoms with Crippen LogP contribution in [0.25, 0.3) is 28.0 Å². The SMILES string of the molecule is CC(C)(C)c1ccc(-c2nnc(SCn3nnc4ccccc4c3=O)n2-c2ccccc2)cc1. The molecule has 2 heterocycles. The van der Waals surface area contributed by atoms with E-state index in [9.17, 15) is 4.79 Å². The number of hydrogen-bond donors (Lipinski definition) is 0. The van der Waals surface area contributed by atoms with E-state index in [0.29, 0.717) is 16.1 Å². The summed E-state index contributed by atoms with van der Waals surface area (Å²) in [4.78, 5) is 12.8. The minimum atomic E-state index is -0.179. The lowest BCUT2D eigenvalue weighted by molar-refractivity contribution is 0.590. The van der Waals surface area contributed by atoms with E-state index < -0.39 is 0 Å². The first-order chi connectivity index (χ1) is 16.4. The molecule has 0 aliphatic heterocycles. The number of aromatic nitrogens is 6. The van der Waals surface area contributed by atoms with Crippen LogP contribution in [0.5, 0.6) is 0 Å². The first-order valence-corrected chi connectivity index (χ1v) is 12.0. The number of para-hydroxylation sites is 1. The molecule has 0 amide bonds. The van der Waals surface area contributed by atoms with Gasteiger partial charge in [0, 0.05) is 11.3 Å². The van der Waals surface area contributed by atoms with Gasteiger partial charge in [0.05, 0.1) is 11.3 Å². The Balaban J connectivity index is 1.52. The van der Waals surface area contributed by atoms with Crippen molar-refractivity contribution in [1.82, 2.24) is 29.8 Å². The lowest BCUT2D eigenvalue weighted by Crippen LogP contribution is -2.23. The van der Waals surface area contributed by atoms with E-state index in [1.54, 1.807) is 12.1 Å². The first-order valence-electron chi connectivity index (χ1n) is 11.0. The van der Waals surface area contributed by atoms with Crippen molar-refractivity contribution in [2.45, 2.75) is 37.2 Å². The summed E-state index contributed by atoms with van der Waals surface area (Å²) in [5.74, 6) is 1.01. The summed E-state index contributed by atoms with van der Waals surface area (Å²) in [6.45, 7) is 6.59. The molecule has 0 bridgehead atoms. The van der Waals surface area contributed by atoms with E-state index in [1.165, 1.54) is 22.0 Å². The lowest BCUT2D eigenvalue weighted by atomic mass is 9.87. The third-order valence-corrected chi connectivity index (χ3v) is 6.50. The van der Waals surface area contributed by atoms with Crippen molar-refractivity contribution in [2.24, 2.45) is 0 Å². The van der Waals surface area contributed by atoms with Gasteiger partial charge in [-0.2, -0.15) is 4.68 Å². The van der Waals surface area contributed by atoms with Crippen molar-refractivity contribution in [3.8, 4) is 17.1 Å². The van der Waals surface area contributed by atoms with Crippen LogP contribution in [0.4, 0.5) is 0 Å². The molecule has 3 aromatic carbocycles. The second-order valence-electron chi connectivity index (χ2n) is 8.99. The molecule has 7 nitrogen and oxygen atoms in total. The summed E-state index contributed by atoms with van der Waals surface area (Å²) in [7, 11) is 0. The zero-order valence-electron chi connectivity index (χ0n) is 19.2. The Morgan fingerprint density at radius 2 is 1.53 bits per heavy atom. The van der Waals surface area contributed by atoms with Gasteiger partial charge in [0.2, 0.25) is 0 Å². The van der Waals surface area contributed by atoms with E-state index >= 15 is 0 Å². The van der Waals surface area contributed by atoms with Crippen LogP contribution in [0.3, 0.4) is 0 Å². The average molecular weight is 469 g/mol. The van der Waals surface area contributed by atoms with Crippen LogP contribution in [0, 0.1) is 0 Å². The summed E-state index contributed by atoms with van der Waals surface area (Å²) in [6, 6.07) is 25.6. The smallest absolute Gasteiger partial charge is 0.270 e. The number of thioether (sulfide) groups is 1. The van der Waals surface area contributed by atoms with Gasteiger partial charge in [0.25, 0.3) is 5.56 Å². The highest BCUT2D eigenvalue weighted by atomic mass is 32.2. The second-order valence-corrected chi connectivity index (χ2v) is 9.90. The second kappa shape index (κ2) is 8.87. The first kappa shape index (κ1) is 22.0. The molecule has 0 unspecified atom stereocenters. The zero-order valence-corrected chi connectivity index (χ0v) is 20.0. The standard InChI is InChI=1S/C26H24N6OS/c1-26(2,3)19-15-13-18(14-16-19)23-28-29-25(32(23)20-9-5-4-6-10-20)34-17-31-24(33)21-11-7-8-12-22(21)27-30-31/h4-16H,17H2,1-3H3. The number of rotatable bonds is 5. The lowest BCUT2D eigenvalue weighted by Gasteiger charge is -2.19. The molecular weight excluding hydrogens is 444 g/mol. The Hall–Kier alpha value is -3.78. The molecule has 0 saturated carbocycles. The predicted octanol–water partition coefficient (Wildman–Crippen LogP) is 5.09. The van der Waals surface area contributed by atoms with Crippen molar-refractivity contribution < 1.29 is 0 Å². The van der Waals surface area contributed by atoms with E-state index in [2.05, 4.69) is 65.5 Å². The third-order valence-electron chi connectivity index (χ3n) is 5.60. The minimum Gasteiger partial charge on any atom is -0.270 e. The molecule has 0 saturated heterocycles. The van der Waals surface area contributed by atoms with E-state index in [-0.39, 0.29) is 16.9 Å². The average Bonchev–Trinajstić information content (AvgIpc) is 3.28. The number of fused-ring (bicyclic) bond motifs is 1. The summed E-state index contributed by atoms with van der Waals surface area (Å²) in [5.41, 5.74) is 3.65. The van der Waals surface area contributed by atoms with Crippen LogP contribution in [0.2, 0.25) is 0 Å². The maximum Gasteiger partial charge on any atom is 0.278 e. The molecule has 0 spiro atoms. The highest BCUT2D eigenvalue weighted by Gasteiger charge is 2.19. The van der Waals surface area contributed by atoms with Crippen molar-refractivity contribution in [3.05, 3.63) is 94.8 Å². The Morgan fingerprint density at radius 3 is 2.26 bits per heavy atom. The van der Waals surface area contributed by atoms with Gasteiger partial charge in [-0.05, 0) is 35.2 Å². The molecule has 2 aromatic heterocycles. The van der Waals surface area contributed by atoms with Crippen LogP contribution in [0.15, 0.2) is 88.8 Å². The third kappa shape index (κ3) is 4.24. The van der Waals surface area contributed by atoms with Gasteiger partial charge in [-0.1, -0.05) is 92.3 Å². The Morgan fingerprint density at radius 1 is 0.824 bits per heavy atom. The fourth-order valence-electron chi connectivity index (χ4n) is 3.71. The molecule has 0 aliphatic carbocycles. The van der Waals surface area contributed by atoms with Crippen molar-refractivity contribution in [3.63, 3.8) is 0 Å². The molecule has 5 rings (SSSR count). The van der Waals surface area contributed by atoms with Gasteiger partial charge in [-0.15, -0.1) is 15.3 Å². The maximum absolute atomic E-state index is 12.8. The summed E-state index contributed by atoms with van der Waals surface area (Å²) in [6.07, 6.45) is 0. The van der Waals surface area contributed by atoms with Crippen LogP contribution >= 0.6 is 11.8 Å². The Kier molecular flexibility index (Phi) is 5.75. The fraction of sp³-hybridized carbons (Fsp3) is 0.192. The molecule has 0 atom stereocenters. The quantitative estimate of drug-likeness (QED) is 0.335. The number of hydrogen-bond acceptors (Lipinski definition) is 6. The zero-order chi connectivity index (χ0) is 23.7. The molecular formula is C26H24N6OS. The highest BCUT2D eigenvalue weighted by molar-refractivity contribution is 7.98. The largest absolute Gasteiger partial charge is 0.278 e. The van der Waals surface area contributed by atoms with Crippen LogP contribution in [-0.2, 0) is 11.3 Å². The summed E-state index contributed by atoms with van der Waals surface area (Å²) >= 11 is 1.39. The predicted molar refractivity (Wildman–Crippen MR) is 135 cm³/mol.